The number of aromatic amines is 5. The fourth-order valence-electron chi connectivity index (χ4n) is 17.3. The Balaban J connectivity index is 0.000000128. The molecule has 0 saturated carbocycles. The molecule has 0 spiro atoms. The first-order valence-electron chi connectivity index (χ1n) is 41.0. The van der Waals surface area contributed by atoms with Crippen LogP contribution < -0.4 is 32.7 Å². The fourth-order valence-corrected chi connectivity index (χ4v) is 17.3. The molecule has 0 amide bonds. The van der Waals surface area contributed by atoms with E-state index in [9.17, 15) is 45.9 Å². The molecule has 2 saturated heterocycles. The summed E-state index contributed by atoms with van der Waals surface area (Å²) < 4.78 is 67.4. The van der Waals surface area contributed by atoms with Gasteiger partial charge in [-0.15, -0.1) is 0 Å². The second-order valence-corrected chi connectivity index (χ2v) is 32.4. The van der Waals surface area contributed by atoms with Crippen molar-refractivity contribution in [3.8, 4) is 0 Å². The van der Waals surface area contributed by atoms with Crippen molar-refractivity contribution < 1.29 is 27.1 Å². The Hall–Kier alpha value is -11.0. The van der Waals surface area contributed by atoms with E-state index in [2.05, 4.69) is 155 Å². The Kier molecular flexibility index (Phi) is 27.5. The van der Waals surface area contributed by atoms with Gasteiger partial charge in [0.05, 0.1) is 33.5 Å². The quantitative estimate of drug-likeness (QED) is 0.0500. The van der Waals surface area contributed by atoms with Crippen molar-refractivity contribution in [2.75, 3.05) is 70.4 Å². The maximum Gasteiger partial charge on any atom is 0.256 e. The monoisotopic (exact) mass is 1600 g/mol. The summed E-state index contributed by atoms with van der Waals surface area (Å²) in [4.78, 5) is 88.8. The average molecular weight is 1600 g/mol. The van der Waals surface area contributed by atoms with E-state index in [1.807, 2.05) is 40.7 Å². The van der Waals surface area contributed by atoms with Gasteiger partial charge in [-0.3, -0.25) is 48.5 Å². The van der Waals surface area contributed by atoms with Crippen molar-refractivity contribution in [1.82, 2.24) is 49.4 Å². The zero-order chi connectivity index (χ0) is 83.6. The molecular weight excluding hydrogens is 1500 g/mol. The van der Waals surface area contributed by atoms with Crippen LogP contribution >= 0.6 is 0 Å². The minimum Gasteiger partial charge on any atom is -0.395 e. The maximum absolute atomic E-state index is 13.6. The van der Waals surface area contributed by atoms with Gasteiger partial charge in [0, 0.05) is 131 Å². The van der Waals surface area contributed by atoms with Crippen LogP contribution in [-0.4, -0.2) is 132 Å². The lowest BCUT2D eigenvalue weighted by Gasteiger charge is -2.34. The third-order valence-corrected chi connectivity index (χ3v) is 23.8. The SMILES string of the molecule is Cc1[nH]c(=O)c2cc(F)ccc2c1CN(C(C)C)C(C)C.Cc1[nH]c(=O)c2cc(F)ccc2c1CN1CCC(Cc2ccccc2)CC1.Cc1[nH]c(=O)c2cc(F)ccc2c1CN1CCN(CCO)CC1.Cc1[nH]c(=O)c2cc(F)ccc2c1CN1CCc2ccccc21.Cc1[nH]c(=O)c2cc(F)ccc2c1CN1CCc2ccccc2C1. The molecule has 17 nitrogen and oxygen atoms in total. The van der Waals surface area contributed by atoms with Crippen LogP contribution in [0, 0.1) is 69.6 Å². The highest BCUT2D eigenvalue weighted by molar-refractivity contribution is 5.89. The number of halogens is 5. The topological polar surface area (TPSA) is 204 Å². The Bertz CT molecular complexity index is 6080. The number of H-pyrrole nitrogens is 5. The van der Waals surface area contributed by atoms with Crippen molar-refractivity contribution in [1.29, 1.82) is 0 Å². The number of piperazine rings is 1. The number of benzene rings is 8. The molecule has 13 aromatic rings. The molecule has 5 aromatic heterocycles. The Morgan fingerprint density at radius 2 is 0.720 bits per heavy atom. The normalized spacial score (nSPS) is 14.8. The number of para-hydroxylation sites is 1. The van der Waals surface area contributed by atoms with Crippen molar-refractivity contribution in [3.63, 3.8) is 0 Å². The van der Waals surface area contributed by atoms with Gasteiger partial charge >= 0.3 is 0 Å². The molecule has 8 aromatic carbocycles. The highest BCUT2D eigenvalue weighted by Crippen LogP contribution is 2.33. The smallest absolute Gasteiger partial charge is 0.256 e. The highest BCUT2D eigenvalue weighted by atomic mass is 19.1. The lowest BCUT2D eigenvalue weighted by atomic mass is 9.90. The molecule has 17 rings (SSSR count). The van der Waals surface area contributed by atoms with E-state index in [0.717, 1.165) is 193 Å². The number of likely N-dealkylation sites (tertiary alicyclic amines) is 1. The summed E-state index contributed by atoms with van der Waals surface area (Å²) in [5.41, 5.74) is 15.3. The number of fused-ring (bicyclic) bond motifs is 7. The minimum absolute atomic E-state index is 0.190. The number of aliphatic hydroxyl groups excluding tert-OH is 1. The Morgan fingerprint density at radius 1 is 0.373 bits per heavy atom. The van der Waals surface area contributed by atoms with Crippen LogP contribution in [0.4, 0.5) is 27.6 Å². The molecule has 118 heavy (non-hydrogen) atoms. The minimum atomic E-state index is -0.393. The fraction of sp³-hybridized carbons (Fsp3) is 0.344. The first-order valence-corrected chi connectivity index (χ1v) is 41.0. The van der Waals surface area contributed by atoms with Gasteiger partial charge in [-0.05, 0) is 257 Å². The average Bonchev–Trinajstić information content (AvgIpc) is 0.970. The van der Waals surface area contributed by atoms with E-state index in [4.69, 9.17) is 5.11 Å². The molecule has 2 fully saturated rings. The molecule has 22 heteroatoms. The van der Waals surface area contributed by atoms with Crippen molar-refractivity contribution in [3.05, 3.63) is 329 Å². The maximum atomic E-state index is 13.6. The standard InChI is InChI=1S/C23H25FN2O.C20H19FN2O.C19H17FN2O.C17H22FN3O2.C17H23FN2O/c1-16-22(20-8-7-19(24)14-21(20)23(27)25-16)15-26-11-9-18(10-12-26)13-17-5-3-2-4-6-17;1-13-19(17-7-6-16(21)10-18(17)20(24)22-13)12-23-9-8-14-4-2-3-5-15(14)11-23;1-12-17(11-22-9-8-13-4-2-3-5-18(13)22)15-7-6-14(20)10-16(15)19(23)21-12;1-12-16(11-21-6-4-20(5-7-21)8-9-22)14-3-2-13(18)10-15(14)17(23)19-12;1-10(2)20(11(3)4)9-16-12(5)19-17(21)15-8-13(18)6-7-14(15)16/h2-8,14,18H,9-13,15H2,1H3,(H,25,27);2-7,10H,8-9,11-12H2,1H3,(H,22,24);2-7,10H,8-9,11H2,1H3,(H,21,23);2-3,10,22H,4-9,11H2,1H3,(H,19,23);6-8,10-11H,9H2,1-5H3,(H,19,21). The van der Waals surface area contributed by atoms with Gasteiger partial charge in [-0.2, -0.15) is 0 Å². The molecule has 6 N–H and O–H groups in total. The molecule has 0 bridgehead atoms. The number of rotatable bonds is 16. The number of hydrogen-bond donors (Lipinski definition) is 6. The number of aliphatic hydroxyl groups is 1. The van der Waals surface area contributed by atoms with Crippen molar-refractivity contribution in [2.24, 2.45) is 5.92 Å². The largest absolute Gasteiger partial charge is 0.395 e. The zero-order valence-corrected chi connectivity index (χ0v) is 68.8. The van der Waals surface area contributed by atoms with Crippen LogP contribution in [-0.2, 0) is 58.5 Å². The number of hydrogen-bond acceptors (Lipinski definition) is 12. The van der Waals surface area contributed by atoms with Crippen molar-refractivity contribution in [2.45, 2.75) is 146 Å². The number of nitrogens with zero attached hydrogens (tertiary/aromatic N) is 6. The third-order valence-electron chi connectivity index (χ3n) is 23.8. The number of β-amino-alcohol motifs (C(OH)–C–C–N with tert-alkyl or cyclic N) is 1. The lowest BCUT2D eigenvalue weighted by Crippen LogP contribution is -2.46. The Labute approximate surface area is 683 Å². The molecule has 616 valence electrons. The molecule has 0 unspecified atom stereocenters. The number of nitrogens with one attached hydrogen (secondary N) is 5. The van der Waals surface area contributed by atoms with E-state index >= 15 is 0 Å². The van der Waals surface area contributed by atoms with Gasteiger partial charge in [0.15, 0.2) is 0 Å². The predicted molar refractivity (Wildman–Crippen MR) is 465 cm³/mol. The summed E-state index contributed by atoms with van der Waals surface area (Å²) in [7, 11) is 0. The molecule has 0 aliphatic carbocycles. The zero-order valence-electron chi connectivity index (χ0n) is 68.8. The number of pyridine rings is 5. The van der Waals surface area contributed by atoms with Gasteiger partial charge in [-0.1, -0.05) is 103 Å². The molecular formula is C96H106F5N11O6. The predicted octanol–water partition coefficient (Wildman–Crippen LogP) is 16.2. The second kappa shape index (κ2) is 38.2. The summed E-state index contributed by atoms with van der Waals surface area (Å²) >= 11 is 0. The van der Waals surface area contributed by atoms with Crippen LogP contribution in [0.15, 0.2) is 194 Å². The van der Waals surface area contributed by atoms with Crippen LogP contribution in [0.3, 0.4) is 0 Å². The molecule has 0 atom stereocenters. The van der Waals surface area contributed by atoms with Gasteiger partial charge in [0.1, 0.15) is 29.1 Å². The summed E-state index contributed by atoms with van der Waals surface area (Å²) in [6.45, 7) is 31.4. The van der Waals surface area contributed by atoms with Crippen LogP contribution in [0.25, 0.3) is 53.9 Å². The summed E-state index contributed by atoms with van der Waals surface area (Å²) in [6.07, 6.45) is 5.58. The molecule has 0 radical (unpaired) electrons. The van der Waals surface area contributed by atoms with E-state index in [1.54, 1.807) is 30.3 Å². The molecule has 4 aliphatic rings. The molecule has 9 heterocycles. The van der Waals surface area contributed by atoms with Crippen LogP contribution in [0.2, 0.25) is 0 Å². The lowest BCUT2D eigenvalue weighted by molar-refractivity contribution is 0.108. The number of piperidine rings is 1. The van der Waals surface area contributed by atoms with E-state index in [0.29, 0.717) is 52.1 Å². The number of aryl methyl sites for hydroxylation is 5. The van der Waals surface area contributed by atoms with E-state index in [-0.39, 0.29) is 57.7 Å². The second-order valence-electron chi connectivity index (χ2n) is 32.4. The van der Waals surface area contributed by atoms with E-state index < -0.39 is 5.82 Å². The summed E-state index contributed by atoms with van der Waals surface area (Å²) in [5.74, 6) is -1.18. The first-order chi connectivity index (χ1) is 56.7. The van der Waals surface area contributed by atoms with Crippen molar-refractivity contribution >= 4 is 59.5 Å². The highest BCUT2D eigenvalue weighted by Gasteiger charge is 2.27. The van der Waals surface area contributed by atoms with Gasteiger partial charge in [0.25, 0.3) is 27.8 Å². The number of aromatic nitrogens is 5. The van der Waals surface area contributed by atoms with Crippen LogP contribution in [0.5, 0.6) is 0 Å². The van der Waals surface area contributed by atoms with Gasteiger partial charge in [-0.25, -0.2) is 22.0 Å². The van der Waals surface area contributed by atoms with Gasteiger partial charge < -0.3 is 34.9 Å². The summed E-state index contributed by atoms with van der Waals surface area (Å²) in [6, 6.07) is 50.7. The number of anilines is 1. The third kappa shape index (κ3) is 20.2. The first kappa shape index (κ1) is 84.9. The Morgan fingerprint density at radius 3 is 1.14 bits per heavy atom. The summed E-state index contributed by atoms with van der Waals surface area (Å²) in [5, 5.41) is 15.3. The van der Waals surface area contributed by atoms with E-state index in [1.165, 1.54) is 101 Å². The van der Waals surface area contributed by atoms with Crippen LogP contribution in [0.1, 0.15) is 119 Å². The van der Waals surface area contributed by atoms with Gasteiger partial charge in [0.2, 0.25) is 0 Å². The molecule has 4 aliphatic heterocycles.